The second-order valence-corrected chi connectivity index (χ2v) is 3.78. The largest absolute Gasteiger partial charge is 0.388 e. The molecule has 0 radical (unpaired) electrons. The maximum atomic E-state index is 13.5. The van der Waals surface area contributed by atoms with Crippen molar-refractivity contribution < 1.29 is 13.6 Å². The molecule has 18 heavy (non-hydrogen) atoms. The first kappa shape index (κ1) is 12.2. The highest BCUT2D eigenvalue weighted by Gasteiger charge is 2.15. The lowest BCUT2D eigenvalue weighted by atomic mass is 10.0. The molecule has 4 heteroatoms. The van der Waals surface area contributed by atoms with Gasteiger partial charge in [0.2, 0.25) is 0 Å². The van der Waals surface area contributed by atoms with Gasteiger partial charge in [-0.1, -0.05) is 12.1 Å². The lowest BCUT2D eigenvalue weighted by molar-refractivity contribution is 0.103. The number of ketones is 1. The highest BCUT2D eigenvalue weighted by Crippen LogP contribution is 2.17. The van der Waals surface area contributed by atoms with Gasteiger partial charge in [0, 0.05) is 18.3 Å². The number of hydrogen-bond donors (Lipinski definition) is 1. The number of rotatable bonds is 3. The van der Waals surface area contributed by atoms with E-state index >= 15 is 0 Å². The van der Waals surface area contributed by atoms with E-state index in [-0.39, 0.29) is 5.56 Å². The molecule has 2 nitrogen and oxygen atoms in total. The Kier molecular flexibility index (Phi) is 3.37. The van der Waals surface area contributed by atoms with Crippen LogP contribution in [0.25, 0.3) is 0 Å². The van der Waals surface area contributed by atoms with Gasteiger partial charge in [-0.3, -0.25) is 4.79 Å². The zero-order valence-electron chi connectivity index (χ0n) is 9.71. The summed E-state index contributed by atoms with van der Waals surface area (Å²) in [6.07, 6.45) is 0. The van der Waals surface area contributed by atoms with Crippen molar-refractivity contribution in [1.29, 1.82) is 0 Å². The van der Waals surface area contributed by atoms with Gasteiger partial charge >= 0.3 is 0 Å². The van der Waals surface area contributed by atoms with Crippen LogP contribution in [0.1, 0.15) is 15.9 Å². The molecule has 0 aromatic heterocycles. The molecule has 1 N–H and O–H groups in total. The van der Waals surface area contributed by atoms with Crippen molar-refractivity contribution in [3.05, 3.63) is 65.2 Å². The highest BCUT2D eigenvalue weighted by molar-refractivity contribution is 6.09. The fourth-order valence-electron chi connectivity index (χ4n) is 1.64. The minimum Gasteiger partial charge on any atom is -0.388 e. The van der Waals surface area contributed by atoms with Gasteiger partial charge in [-0.25, -0.2) is 8.78 Å². The molecule has 0 spiro atoms. The molecule has 0 unspecified atom stereocenters. The number of nitrogens with one attached hydrogen (secondary N) is 1. The van der Waals surface area contributed by atoms with Crippen molar-refractivity contribution in [3.63, 3.8) is 0 Å². The molecule has 0 atom stereocenters. The number of halogens is 2. The Morgan fingerprint density at radius 2 is 1.89 bits per heavy atom. The third-order valence-electron chi connectivity index (χ3n) is 2.59. The average molecular weight is 247 g/mol. The molecule has 0 amide bonds. The van der Waals surface area contributed by atoms with E-state index in [2.05, 4.69) is 5.32 Å². The SMILES string of the molecule is CNc1cccc(C(=O)c2cc(F)ccc2F)c1. The van der Waals surface area contributed by atoms with Gasteiger partial charge in [0.25, 0.3) is 0 Å². The van der Waals surface area contributed by atoms with Crippen LogP contribution in [-0.2, 0) is 0 Å². The van der Waals surface area contributed by atoms with E-state index in [4.69, 9.17) is 0 Å². The van der Waals surface area contributed by atoms with E-state index in [9.17, 15) is 13.6 Å². The van der Waals surface area contributed by atoms with Crippen LogP contribution in [0.3, 0.4) is 0 Å². The van der Waals surface area contributed by atoms with E-state index in [1.807, 2.05) is 0 Å². The minimum atomic E-state index is -0.726. The van der Waals surface area contributed by atoms with Crippen LogP contribution in [0.4, 0.5) is 14.5 Å². The van der Waals surface area contributed by atoms with E-state index in [0.717, 1.165) is 23.9 Å². The molecule has 0 saturated heterocycles. The maximum Gasteiger partial charge on any atom is 0.196 e. The maximum absolute atomic E-state index is 13.5. The van der Waals surface area contributed by atoms with Gasteiger partial charge in [0.15, 0.2) is 5.78 Å². The zero-order chi connectivity index (χ0) is 13.1. The van der Waals surface area contributed by atoms with Gasteiger partial charge in [0.05, 0.1) is 5.56 Å². The van der Waals surface area contributed by atoms with E-state index < -0.39 is 17.4 Å². The molecule has 0 heterocycles. The van der Waals surface area contributed by atoms with Crippen LogP contribution in [0.5, 0.6) is 0 Å². The number of carbonyl (C=O) groups excluding carboxylic acids is 1. The van der Waals surface area contributed by atoms with Gasteiger partial charge in [-0.05, 0) is 30.3 Å². The number of benzene rings is 2. The predicted molar refractivity (Wildman–Crippen MR) is 65.8 cm³/mol. The van der Waals surface area contributed by atoms with Crippen LogP contribution < -0.4 is 5.32 Å². The standard InChI is InChI=1S/C14H11F2NO/c1-17-11-4-2-3-9(7-11)14(18)12-8-10(15)5-6-13(12)16/h2-8,17H,1H3. The molecule has 0 aliphatic carbocycles. The number of anilines is 1. The third-order valence-corrected chi connectivity index (χ3v) is 2.59. The van der Waals surface area contributed by atoms with Crippen molar-refractivity contribution in [2.75, 3.05) is 12.4 Å². The Labute approximate surface area is 103 Å². The summed E-state index contributed by atoms with van der Waals surface area (Å²) in [7, 11) is 1.71. The molecule has 2 aromatic carbocycles. The molecule has 2 rings (SSSR count). The molecular weight excluding hydrogens is 236 g/mol. The van der Waals surface area contributed by atoms with Gasteiger partial charge in [-0.2, -0.15) is 0 Å². The zero-order valence-corrected chi connectivity index (χ0v) is 9.71. The summed E-state index contributed by atoms with van der Waals surface area (Å²) in [5.74, 6) is -1.90. The summed E-state index contributed by atoms with van der Waals surface area (Å²) in [4.78, 5) is 12.1. The summed E-state index contributed by atoms with van der Waals surface area (Å²) < 4.78 is 26.5. The molecule has 92 valence electrons. The molecular formula is C14H11F2NO. The lowest BCUT2D eigenvalue weighted by Gasteiger charge is -2.05. The molecule has 0 saturated carbocycles. The summed E-state index contributed by atoms with van der Waals surface area (Å²) in [6, 6.07) is 9.44. The summed E-state index contributed by atoms with van der Waals surface area (Å²) >= 11 is 0. The Bertz CT molecular complexity index is 596. The number of hydrogen-bond acceptors (Lipinski definition) is 2. The summed E-state index contributed by atoms with van der Waals surface area (Å²) in [6.45, 7) is 0. The first-order valence-corrected chi connectivity index (χ1v) is 5.39. The van der Waals surface area contributed by atoms with Crippen molar-refractivity contribution in [2.24, 2.45) is 0 Å². The van der Waals surface area contributed by atoms with Crippen LogP contribution in [-0.4, -0.2) is 12.8 Å². The van der Waals surface area contributed by atoms with Crippen LogP contribution in [0, 0.1) is 11.6 Å². The van der Waals surface area contributed by atoms with Gasteiger partial charge in [-0.15, -0.1) is 0 Å². The molecule has 0 bridgehead atoms. The first-order chi connectivity index (χ1) is 8.61. The van der Waals surface area contributed by atoms with Crippen molar-refractivity contribution in [1.82, 2.24) is 0 Å². The molecule has 0 aliphatic heterocycles. The third kappa shape index (κ3) is 2.37. The van der Waals surface area contributed by atoms with E-state index in [1.54, 1.807) is 31.3 Å². The van der Waals surface area contributed by atoms with E-state index in [1.165, 1.54) is 0 Å². The Balaban J connectivity index is 2.44. The smallest absolute Gasteiger partial charge is 0.196 e. The monoisotopic (exact) mass is 247 g/mol. The summed E-state index contributed by atoms with van der Waals surface area (Å²) in [5.41, 5.74) is 0.785. The van der Waals surface area contributed by atoms with Crippen LogP contribution in [0.15, 0.2) is 42.5 Å². The van der Waals surface area contributed by atoms with E-state index in [0.29, 0.717) is 5.56 Å². The highest BCUT2D eigenvalue weighted by atomic mass is 19.1. The first-order valence-electron chi connectivity index (χ1n) is 5.39. The van der Waals surface area contributed by atoms with Crippen LogP contribution in [0.2, 0.25) is 0 Å². The second-order valence-electron chi connectivity index (χ2n) is 3.78. The predicted octanol–water partition coefficient (Wildman–Crippen LogP) is 3.24. The average Bonchev–Trinajstić information content (AvgIpc) is 2.41. The Hall–Kier alpha value is -2.23. The van der Waals surface area contributed by atoms with Crippen molar-refractivity contribution in [2.45, 2.75) is 0 Å². The Morgan fingerprint density at radius 3 is 2.61 bits per heavy atom. The topological polar surface area (TPSA) is 29.1 Å². The second kappa shape index (κ2) is 4.96. The summed E-state index contributed by atoms with van der Waals surface area (Å²) in [5, 5.41) is 2.88. The fourth-order valence-corrected chi connectivity index (χ4v) is 1.64. The normalized spacial score (nSPS) is 10.2. The van der Waals surface area contributed by atoms with Gasteiger partial charge < -0.3 is 5.32 Å². The van der Waals surface area contributed by atoms with Crippen molar-refractivity contribution in [3.8, 4) is 0 Å². The number of carbonyl (C=O) groups is 1. The van der Waals surface area contributed by atoms with Crippen LogP contribution >= 0.6 is 0 Å². The molecule has 0 aliphatic rings. The quantitative estimate of drug-likeness (QED) is 0.843. The molecule has 0 fully saturated rings. The fraction of sp³-hybridized carbons (Fsp3) is 0.0714. The van der Waals surface area contributed by atoms with Crippen molar-refractivity contribution >= 4 is 11.5 Å². The van der Waals surface area contributed by atoms with Gasteiger partial charge in [0.1, 0.15) is 11.6 Å². The molecule has 2 aromatic rings. The lowest BCUT2D eigenvalue weighted by Crippen LogP contribution is -2.05. The minimum absolute atomic E-state index is 0.261. The Morgan fingerprint density at radius 1 is 1.11 bits per heavy atom.